The maximum atomic E-state index is 13.8. The molecule has 1 aliphatic carbocycles. The molecular weight excluding hydrogens is 477 g/mol. The summed E-state index contributed by atoms with van der Waals surface area (Å²) in [6.45, 7) is 1.96. The van der Waals surface area contributed by atoms with Gasteiger partial charge < -0.3 is 4.57 Å². The third-order valence-electron chi connectivity index (χ3n) is 5.56. The minimum atomic E-state index is -5.79. The van der Waals surface area contributed by atoms with Crippen molar-refractivity contribution in [3.8, 4) is 17.2 Å². The molecule has 7 nitrogen and oxygen atoms in total. The molecule has 13 heteroatoms. The molecule has 0 atom stereocenters. The van der Waals surface area contributed by atoms with E-state index in [0.29, 0.717) is 17.7 Å². The van der Waals surface area contributed by atoms with Crippen LogP contribution in [0.15, 0.2) is 35.6 Å². The quantitative estimate of drug-likeness (QED) is 0.269. The minimum absolute atomic E-state index is 0.0659. The third-order valence-corrected chi connectivity index (χ3v) is 6.47. The lowest BCUT2D eigenvalue weighted by molar-refractivity contribution is -0.291. The minimum Gasteiger partial charge on any atom is -0.309 e. The van der Waals surface area contributed by atoms with Gasteiger partial charge in [-0.25, -0.2) is 14.6 Å². The molecule has 0 amide bonds. The molecule has 0 saturated heterocycles. The molecule has 0 bridgehead atoms. The second kappa shape index (κ2) is 8.00. The van der Waals surface area contributed by atoms with E-state index in [0.717, 1.165) is 29.2 Å². The summed E-state index contributed by atoms with van der Waals surface area (Å²) in [7, 11) is 1.58. The van der Waals surface area contributed by atoms with Crippen LogP contribution >= 0.6 is 11.8 Å². The Hall–Kier alpha value is -3.09. The number of pyridine rings is 1. The van der Waals surface area contributed by atoms with Crippen LogP contribution in [0.3, 0.4) is 0 Å². The van der Waals surface area contributed by atoms with Crippen LogP contribution in [0.4, 0.5) is 22.0 Å². The Morgan fingerprint density at radius 1 is 1.09 bits per heavy atom. The molecule has 0 N–H and O–H groups in total. The molecule has 34 heavy (non-hydrogen) atoms. The van der Waals surface area contributed by atoms with Gasteiger partial charge in [0.05, 0.1) is 18.1 Å². The van der Waals surface area contributed by atoms with Crippen LogP contribution in [0.25, 0.3) is 28.4 Å². The predicted octanol–water partition coefficient (Wildman–Crippen LogP) is 5.25. The summed E-state index contributed by atoms with van der Waals surface area (Å²) in [6, 6.07) is 2.51. The summed E-state index contributed by atoms with van der Waals surface area (Å²) in [5.74, 6) is -3.59. The highest BCUT2D eigenvalue weighted by atomic mass is 32.2. The average Bonchev–Trinajstić information content (AvgIpc) is 3.43. The van der Waals surface area contributed by atoms with E-state index >= 15 is 0 Å². The summed E-state index contributed by atoms with van der Waals surface area (Å²) in [4.78, 5) is 9.58. The SMILES string of the molecule is CCSc1cc(-n2cc(C3CC3)cn2)cnc1-c1nc2cc(C(F)(F)C(F)(F)F)nnc2n1C. The van der Waals surface area contributed by atoms with E-state index in [-0.39, 0.29) is 17.0 Å². The summed E-state index contributed by atoms with van der Waals surface area (Å²) >= 11 is 1.50. The first-order valence-corrected chi connectivity index (χ1v) is 11.4. The lowest BCUT2D eigenvalue weighted by atomic mass is 10.2. The van der Waals surface area contributed by atoms with E-state index in [4.69, 9.17) is 0 Å². The smallest absolute Gasteiger partial charge is 0.309 e. The molecule has 5 rings (SSSR count). The van der Waals surface area contributed by atoms with E-state index in [1.54, 1.807) is 17.9 Å². The van der Waals surface area contributed by atoms with Crippen molar-refractivity contribution in [2.45, 2.75) is 42.7 Å². The van der Waals surface area contributed by atoms with Crippen molar-refractivity contribution < 1.29 is 22.0 Å². The Bertz CT molecular complexity index is 1370. The number of rotatable bonds is 6. The fourth-order valence-electron chi connectivity index (χ4n) is 3.59. The highest BCUT2D eigenvalue weighted by molar-refractivity contribution is 7.99. The van der Waals surface area contributed by atoms with Crippen molar-refractivity contribution in [1.82, 2.24) is 34.5 Å². The monoisotopic (exact) mass is 495 g/mol. The Kier molecular flexibility index (Phi) is 5.34. The number of aromatic nitrogens is 7. The average molecular weight is 495 g/mol. The van der Waals surface area contributed by atoms with Crippen molar-refractivity contribution in [2.75, 3.05) is 5.75 Å². The number of halogens is 5. The summed E-state index contributed by atoms with van der Waals surface area (Å²) < 4.78 is 69.0. The predicted molar refractivity (Wildman–Crippen MR) is 115 cm³/mol. The van der Waals surface area contributed by atoms with Gasteiger partial charge >= 0.3 is 12.1 Å². The van der Waals surface area contributed by atoms with Gasteiger partial charge in [-0.1, -0.05) is 6.92 Å². The van der Waals surface area contributed by atoms with Gasteiger partial charge in [-0.2, -0.15) is 27.1 Å². The number of imidazole rings is 1. The number of aryl methyl sites for hydroxylation is 1. The van der Waals surface area contributed by atoms with E-state index in [1.165, 1.54) is 21.9 Å². The Morgan fingerprint density at radius 3 is 2.53 bits per heavy atom. The first kappa shape index (κ1) is 22.7. The van der Waals surface area contributed by atoms with Gasteiger partial charge in [-0.15, -0.1) is 22.0 Å². The van der Waals surface area contributed by atoms with Crippen molar-refractivity contribution in [2.24, 2.45) is 7.05 Å². The number of thioether (sulfide) groups is 1. The van der Waals surface area contributed by atoms with E-state index in [2.05, 4.69) is 25.3 Å². The third kappa shape index (κ3) is 3.81. The van der Waals surface area contributed by atoms with Crippen molar-refractivity contribution in [3.63, 3.8) is 0 Å². The standard InChI is InChI=1S/C21H18F5N7S/c1-3-34-15-6-13(33-10-12(8-28-33)11-4-5-11)9-27-17(15)19-29-14-7-16(20(22,23)21(24,25)26)30-31-18(14)32(19)2/h6-11H,3-5H2,1-2H3. The van der Waals surface area contributed by atoms with Gasteiger partial charge in [0.25, 0.3) is 0 Å². The summed E-state index contributed by atoms with van der Waals surface area (Å²) in [5.41, 5.74) is 0.803. The van der Waals surface area contributed by atoms with Gasteiger partial charge in [0.15, 0.2) is 11.5 Å². The van der Waals surface area contributed by atoms with Crippen molar-refractivity contribution in [1.29, 1.82) is 0 Å². The molecular formula is C21H18F5N7S. The summed E-state index contributed by atoms with van der Waals surface area (Å²) in [5, 5.41) is 11.1. The molecule has 1 aliphatic rings. The molecule has 0 radical (unpaired) electrons. The van der Waals surface area contributed by atoms with Crippen LogP contribution in [-0.4, -0.2) is 46.4 Å². The number of alkyl halides is 5. The Labute approximate surface area is 194 Å². The van der Waals surface area contributed by atoms with E-state index in [1.807, 2.05) is 25.4 Å². The molecule has 4 heterocycles. The van der Waals surface area contributed by atoms with Crippen LogP contribution in [0.1, 0.15) is 36.9 Å². The molecule has 0 spiro atoms. The maximum Gasteiger partial charge on any atom is 0.459 e. The first-order valence-electron chi connectivity index (χ1n) is 10.4. The molecule has 1 fully saturated rings. The highest BCUT2D eigenvalue weighted by Crippen LogP contribution is 2.43. The van der Waals surface area contributed by atoms with Crippen LogP contribution in [-0.2, 0) is 13.0 Å². The van der Waals surface area contributed by atoms with Crippen LogP contribution in [0.5, 0.6) is 0 Å². The van der Waals surface area contributed by atoms with Gasteiger partial charge in [0.2, 0.25) is 0 Å². The van der Waals surface area contributed by atoms with Crippen LogP contribution < -0.4 is 0 Å². The van der Waals surface area contributed by atoms with Crippen LogP contribution in [0, 0.1) is 0 Å². The van der Waals surface area contributed by atoms with Gasteiger partial charge in [-0.3, -0.25) is 0 Å². The topological polar surface area (TPSA) is 74.3 Å². The molecule has 4 aromatic rings. The summed E-state index contributed by atoms with van der Waals surface area (Å²) in [6.07, 6.45) is 1.96. The number of fused-ring (bicyclic) bond motifs is 1. The van der Waals surface area contributed by atoms with Gasteiger partial charge in [-0.05, 0) is 42.2 Å². The zero-order valence-electron chi connectivity index (χ0n) is 18.0. The number of nitrogens with zero attached hydrogens (tertiary/aromatic N) is 7. The molecule has 4 aromatic heterocycles. The lowest BCUT2D eigenvalue weighted by Gasteiger charge is -2.17. The van der Waals surface area contributed by atoms with Crippen LogP contribution in [0.2, 0.25) is 0 Å². The fraction of sp³-hybridized carbons (Fsp3) is 0.381. The first-order chi connectivity index (χ1) is 16.1. The number of hydrogen-bond donors (Lipinski definition) is 0. The molecule has 0 aliphatic heterocycles. The highest BCUT2D eigenvalue weighted by Gasteiger charge is 2.60. The molecule has 0 aromatic carbocycles. The number of hydrogen-bond acceptors (Lipinski definition) is 6. The molecule has 0 unspecified atom stereocenters. The Morgan fingerprint density at radius 2 is 1.85 bits per heavy atom. The zero-order chi connectivity index (χ0) is 24.3. The Balaban J connectivity index is 1.57. The molecule has 1 saturated carbocycles. The second-order valence-corrected chi connectivity index (χ2v) is 9.28. The maximum absolute atomic E-state index is 13.8. The van der Waals surface area contributed by atoms with Crippen molar-refractivity contribution >= 4 is 22.9 Å². The second-order valence-electron chi connectivity index (χ2n) is 7.97. The lowest BCUT2D eigenvalue weighted by Crippen LogP contribution is -2.34. The van der Waals surface area contributed by atoms with Crippen molar-refractivity contribution in [3.05, 3.63) is 42.0 Å². The van der Waals surface area contributed by atoms with Gasteiger partial charge in [0.1, 0.15) is 16.9 Å². The zero-order valence-corrected chi connectivity index (χ0v) is 18.8. The van der Waals surface area contributed by atoms with E-state index < -0.39 is 17.8 Å². The van der Waals surface area contributed by atoms with E-state index in [9.17, 15) is 22.0 Å². The normalized spacial score (nSPS) is 14.8. The van der Waals surface area contributed by atoms with Gasteiger partial charge in [0, 0.05) is 18.1 Å². The fourth-order valence-corrected chi connectivity index (χ4v) is 4.39. The molecule has 178 valence electrons. The largest absolute Gasteiger partial charge is 0.459 e.